The molecule has 0 bridgehead atoms. The highest BCUT2D eigenvalue weighted by atomic mass is 19.3. The standard InChI is InChI=1S/C7H13F2NO/c1-4-6(7(3,8)9)10-5(2)11/h6H,4H2,1-3H3,(H,10,11). The molecule has 0 saturated heterocycles. The van der Waals surface area contributed by atoms with Crippen molar-refractivity contribution in [1.82, 2.24) is 5.32 Å². The molecule has 0 aromatic heterocycles. The number of carbonyl (C=O) groups excluding carboxylic acids is 1. The molecule has 4 heteroatoms. The van der Waals surface area contributed by atoms with Crippen LogP contribution in [0.2, 0.25) is 0 Å². The van der Waals surface area contributed by atoms with E-state index in [0.717, 1.165) is 6.92 Å². The van der Waals surface area contributed by atoms with E-state index in [1.54, 1.807) is 6.92 Å². The number of nitrogens with one attached hydrogen (secondary N) is 1. The molecule has 0 rings (SSSR count). The molecular formula is C7H13F2NO. The fourth-order valence-electron chi connectivity index (χ4n) is 0.833. The van der Waals surface area contributed by atoms with Gasteiger partial charge in [-0.1, -0.05) is 6.92 Å². The van der Waals surface area contributed by atoms with Gasteiger partial charge in [0.2, 0.25) is 5.91 Å². The molecule has 1 amide bonds. The first-order valence-electron chi connectivity index (χ1n) is 3.52. The molecule has 0 aliphatic rings. The number of alkyl halides is 2. The van der Waals surface area contributed by atoms with Gasteiger partial charge in [-0.25, -0.2) is 8.78 Å². The van der Waals surface area contributed by atoms with Gasteiger partial charge in [0.25, 0.3) is 5.92 Å². The molecule has 0 spiro atoms. The number of amides is 1. The zero-order valence-corrected chi connectivity index (χ0v) is 6.95. The first kappa shape index (κ1) is 10.3. The monoisotopic (exact) mass is 165 g/mol. The highest BCUT2D eigenvalue weighted by Crippen LogP contribution is 2.19. The van der Waals surface area contributed by atoms with Crippen molar-refractivity contribution in [3.8, 4) is 0 Å². The zero-order chi connectivity index (χ0) is 9.07. The Morgan fingerprint density at radius 1 is 1.64 bits per heavy atom. The summed E-state index contributed by atoms with van der Waals surface area (Å²) in [5.74, 6) is -3.25. The molecule has 1 N–H and O–H groups in total. The lowest BCUT2D eigenvalue weighted by Crippen LogP contribution is -2.44. The summed E-state index contributed by atoms with van der Waals surface area (Å²) in [6.45, 7) is 3.64. The van der Waals surface area contributed by atoms with E-state index in [-0.39, 0.29) is 6.42 Å². The van der Waals surface area contributed by atoms with Crippen molar-refractivity contribution >= 4 is 5.91 Å². The third kappa shape index (κ3) is 3.91. The summed E-state index contributed by atoms with van der Waals surface area (Å²) in [4.78, 5) is 10.4. The summed E-state index contributed by atoms with van der Waals surface area (Å²) < 4.78 is 25.1. The molecule has 11 heavy (non-hydrogen) atoms. The quantitative estimate of drug-likeness (QED) is 0.675. The maximum Gasteiger partial charge on any atom is 0.265 e. The first-order chi connectivity index (χ1) is 4.88. The Labute approximate surface area is 65.0 Å². The molecule has 0 aliphatic carbocycles. The van der Waals surface area contributed by atoms with E-state index in [0.29, 0.717) is 0 Å². The second-order valence-corrected chi connectivity index (χ2v) is 2.62. The average molecular weight is 165 g/mol. The van der Waals surface area contributed by atoms with Gasteiger partial charge >= 0.3 is 0 Å². The molecule has 0 heterocycles. The summed E-state index contributed by atoms with van der Waals surface area (Å²) >= 11 is 0. The van der Waals surface area contributed by atoms with Crippen LogP contribution in [0.15, 0.2) is 0 Å². The lowest BCUT2D eigenvalue weighted by Gasteiger charge is -2.22. The van der Waals surface area contributed by atoms with Crippen molar-refractivity contribution in [2.75, 3.05) is 0 Å². The van der Waals surface area contributed by atoms with Crippen molar-refractivity contribution in [1.29, 1.82) is 0 Å². The highest BCUT2D eigenvalue weighted by Gasteiger charge is 2.32. The fourth-order valence-corrected chi connectivity index (χ4v) is 0.833. The summed E-state index contributed by atoms with van der Waals surface area (Å²) in [5.41, 5.74) is 0. The van der Waals surface area contributed by atoms with Crippen LogP contribution in [0, 0.1) is 0 Å². The normalized spacial score (nSPS) is 14.3. The van der Waals surface area contributed by atoms with Gasteiger partial charge in [0, 0.05) is 13.8 Å². The molecule has 0 aliphatic heterocycles. The number of rotatable bonds is 3. The predicted octanol–water partition coefficient (Wildman–Crippen LogP) is 1.56. The highest BCUT2D eigenvalue weighted by molar-refractivity contribution is 5.73. The maximum absolute atomic E-state index is 12.5. The van der Waals surface area contributed by atoms with Gasteiger partial charge in [-0.15, -0.1) is 0 Å². The third-order valence-corrected chi connectivity index (χ3v) is 1.40. The van der Waals surface area contributed by atoms with E-state index in [1.165, 1.54) is 6.92 Å². The molecule has 0 aromatic carbocycles. The maximum atomic E-state index is 12.5. The zero-order valence-electron chi connectivity index (χ0n) is 6.95. The van der Waals surface area contributed by atoms with Crippen molar-refractivity contribution in [2.45, 2.75) is 39.2 Å². The number of hydrogen-bond acceptors (Lipinski definition) is 1. The predicted molar refractivity (Wildman–Crippen MR) is 38.5 cm³/mol. The minimum absolute atomic E-state index is 0.239. The van der Waals surface area contributed by atoms with Gasteiger partial charge < -0.3 is 5.32 Å². The van der Waals surface area contributed by atoms with Gasteiger partial charge in [0.15, 0.2) is 0 Å². The van der Waals surface area contributed by atoms with Crippen LogP contribution in [-0.4, -0.2) is 17.9 Å². The van der Waals surface area contributed by atoms with Crippen LogP contribution in [0.1, 0.15) is 27.2 Å². The summed E-state index contributed by atoms with van der Waals surface area (Å²) in [6.07, 6.45) is 0.239. The van der Waals surface area contributed by atoms with Crippen LogP contribution in [0.4, 0.5) is 8.78 Å². The van der Waals surface area contributed by atoms with Crippen molar-refractivity contribution in [3.63, 3.8) is 0 Å². The molecule has 1 unspecified atom stereocenters. The van der Waals surface area contributed by atoms with E-state index in [9.17, 15) is 13.6 Å². The van der Waals surface area contributed by atoms with E-state index in [1.807, 2.05) is 0 Å². The minimum Gasteiger partial charge on any atom is -0.348 e. The Bertz CT molecular complexity index is 142. The Morgan fingerprint density at radius 2 is 2.09 bits per heavy atom. The van der Waals surface area contributed by atoms with E-state index >= 15 is 0 Å². The van der Waals surface area contributed by atoms with E-state index < -0.39 is 17.9 Å². The molecule has 0 fully saturated rings. The second-order valence-electron chi connectivity index (χ2n) is 2.62. The smallest absolute Gasteiger partial charge is 0.265 e. The van der Waals surface area contributed by atoms with Crippen LogP contribution < -0.4 is 5.32 Å². The van der Waals surface area contributed by atoms with Gasteiger partial charge in [-0.2, -0.15) is 0 Å². The summed E-state index contributed by atoms with van der Waals surface area (Å²) in [7, 11) is 0. The van der Waals surface area contributed by atoms with Crippen LogP contribution in [-0.2, 0) is 4.79 Å². The molecule has 0 aromatic rings. The minimum atomic E-state index is -2.83. The van der Waals surface area contributed by atoms with E-state index in [4.69, 9.17) is 0 Å². The topological polar surface area (TPSA) is 29.1 Å². The molecular weight excluding hydrogens is 152 g/mol. The Balaban J connectivity index is 4.07. The van der Waals surface area contributed by atoms with Gasteiger partial charge in [-0.3, -0.25) is 4.79 Å². The molecule has 2 nitrogen and oxygen atoms in total. The van der Waals surface area contributed by atoms with Crippen molar-refractivity contribution < 1.29 is 13.6 Å². The second kappa shape index (κ2) is 3.64. The Hall–Kier alpha value is -0.670. The third-order valence-electron chi connectivity index (χ3n) is 1.40. The summed E-state index contributed by atoms with van der Waals surface area (Å²) in [6, 6.07) is -1.04. The van der Waals surface area contributed by atoms with E-state index in [2.05, 4.69) is 5.32 Å². The molecule has 1 atom stereocenters. The molecule has 66 valence electrons. The van der Waals surface area contributed by atoms with Crippen molar-refractivity contribution in [2.24, 2.45) is 0 Å². The SMILES string of the molecule is CCC(NC(C)=O)C(C)(F)F. The Morgan fingerprint density at radius 3 is 2.18 bits per heavy atom. The number of halogens is 2. The number of carbonyl (C=O) groups is 1. The summed E-state index contributed by atoms with van der Waals surface area (Å²) in [5, 5.41) is 2.18. The lowest BCUT2D eigenvalue weighted by molar-refractivity contribution is -0.123. The lowest BCUT2D eigenvalue weighted by atomic mass is 10.1. The van der Waals surface area contributed by atoms with Crippen LogP contribution >= 0.6 is 0 Å². The molecule has 0 saturated carbocycles. The van der Waals surface area contributed by atoms with Gasteiger partial charge in [0.05, 0.1) is 6.04 Å². The number of hydrogen-bond donors (Lipinski definition) is 1. The van der Waals surface area contributed by atoms with Gasteiger partial charge in [0.1, 0.15) is 0 Å². The van der Waals surface area contributed by atoms with Crippen LogP contribution in [0.5, 0.6) is 0 Å². The largest absolute Gasteiger partial charge is 0.348 e. The first-order valence-corrected chi connectivity index (χ1v) is 3.52. The van der Waals surface area contributed by atoms with Crippen LogP contribution in [0.25, 0.3) is 0 Å². The Kier molecular flexibility index (Phi) is 3.42. The van der Waals surface area contributed by atoms with Crippen molar-refractivity contribution in [3.05, 3.63) is 0 Å². The fraction of sp³-hybridized carbons (Fsp3) is 0.857. The van der Waals surface area contributed by atoms with Gasteiger partial charge in [-0.05, 0) is 6.42 Å². The molecule has 0 radical (unpaired) electrons. The average Bonchev–Trinajstić information content (AvgIpc) is 1.79. The van der Waals surface area contributed by atoms with Crippen LogP contribution in [0.3, 0.4) is 0 Å².